The molecular formula is C12H23N. The first-order valence-corrected chi connectivity index (χ1v) is 5.56. The molecule has 0 amide bonds. The maximum absolute atomic E-state index is 4.29. The average Bonchev–Trinajstić information content (AvgIpc) is 2.16. The number of hydrogen-bond donors (Lipinski definition) is 0. The van der Waals surface area contributed by atoms with Gasteiger partial charge in [0.1, 0.15) is 0 Å². The second kappa shape index (κ2) is 11.4. The minimum atomic E-state index is 0.992. The lowest BCUT2D eigenvalue weighted by Gasteiger charge is -1.90. The molecule has 0 N–H and O–H groups in total. The highest BCUT2D eigenvalue weighted by atomic mass is 14.7. The quantitative estimate of drug-likeness (QED) is 0.396. The smallest absolute Gasteiger partial charge is 0.0389 e. The summed E-state index contributed by atoms with van der Waals surface area (Å²) >= 11 is 0. The summed E-state index contributed by atoms with van der Waals surface area (Å²) in [4.78, 5) is 4.29. The molecule has 0 spiro atoms. The van der Waals surface area contributed by atoms with Gasteiger partial charge in [0.15, 0.2) is 0 Å². The molecule has 0 heterocycles. The van der Waals surface area contributed by atoms with Crippen LogP contribution in [0.5, 0.6) is 0 Å². The molecule has 0 unspecified atom stereocenters. The Kier molecular flexibility index (Phi) is 10.9. The van der Waals surface area contributed by atoms with E-state index in [9.17, 15) is 0 Å². The lowest BCUT2D eigenvalue weighted by molar-refractivity contribution is 0.729. The van der Waals surface area contributed by atoms with E-state index in [1.54, 1.807) is 0 Å². The Hall–Kier alpha value is -0.590. The van der Waals surface area contributed by atoms with Gasteiger partial charge in [-0.1, -0.05) is 45.6 Å². The zero-order chi connectivity index (χ0) is 9.78. The maximum Gasteiger partial charge on any atom is 0.0389 e. The van der Waals surface area contributed by atoms with Crippen molar-refractivity contribution in [2.45, 2.75) is 52.4 Å². The van der Waals surface area contributed by atoms with Gasteiger partial charge in [-0.25, -0.2) is 0 Å². The van der Waals surface area contributed by atoms with Crippen LogP contribution in [0.2, 0.25) is 0 Å². The molecule has 0 saturated heterocycles. The van der Waals surface area contributed by atoms with E-state index in [4.69, 9.17) is 0 Å². The first-order chi connectivity index (χ1) is 6.41. The summed E-state index contributed by atoms with van der Waals surface area (Å²) in [6.07, 6.45) is 13.8. The average molecular weight is 181 g/mol. The van der Waals surface area contributed by atoms with Gasteiger partial charge in [0.05, 0.1) is 0 Å². The molecule has 0 rings (SSSR count). The summed E-state index contributed by atoms with van der Waals surface area (Å²) in [5, 5.41) is 0. The predicted molar refractivity (Wildman–Crippen MR) is 61.5 cm³/mol. The summed E-state index contributed by atoms with van der Waals surface area (Å²) in [6.45, 7) is 5.42. The number of aliphatic imine (C=N–C) groups is 1. The fourth-order valence-corrected chi connectivity index (χ4v) is 1.07. The third-order valence-corrected chi connectivity index (χ3v) is 1.94. The summed E-state index contributed by atoms with van der Waals surface area (Å²) in [7, 11) is 0. The molecule has 0 aromatic heterocycles. The van der Waals surface area contributed by atoms with Crippen LogP contribution in [-0.2, 0) is 0 Å². The predicted octanol–water partition coefficient (Wildman–Crippen LogP) is 3.99. The van der Waals surface area contributed by atoms with Crippen molar-refractivity contribution in [3.05, 3.63) is 12.2 Å². The van der Waals surface area contributed by atoms with Crippen LogP contribution in [0.4, 0.5) is 0 Å². The molecule has 1 heteroatoms. The van der Waals surface area contributed by atoms with E-state index in [0.717, 1.165) is 6.54 Å². The van der Waals surface area contributed by atoms with Crippen LogP contribution in [0.25, 0.3) is 0 Å². The fourth-order valence-electron chi connectivity index (χ4n) is 1.07. The Balaban J connectivity index is 3.15. The van der Waals surface area contributed by atoms with Crippen molar-refractivity contribution in [2.24, 2.45) is 4.99 Å². The molecule has 0 fully saturated rings. The highest BCUT2D eigenvalue weighted by Crippen LogP contribution is 1.94. The van der Waals surface area contributed by atoms with Crippen LogP contribution in [0, 0.1) is 0 Å². The molecule has 13 heavy (non-hydrogen) atoms. The van der Waals surface area contributed by atoms with Gasteiger partial charge in [0.25, 0.3) is 0 Å². The molecule has 76 valence electrons. The monoisotopic (exact) mass is 181 g/mol. The summed E-state index contributed by atoms with van der Waals surface area (Å²) < 4.78 is 0. The molecule has 0 aliphatic carbocycles. The fraction of sp³-hybridized carbons (Fsp3) is 0.750. The van der Waals surface area contributed by atoms with Crippen molar-refractivity contribution in [3.8, 4) is 0 Å². The largest absolute Gasteiger partial charge is 0.293 e. The summed E-state index contributed by atoms with van der Waals surface area (Å²) in [5.74, 6) is 0. The van der Waals surface area contributed by atoms with E-state index in [0.29, 0.717) is 0 Å². The van der Waals surface area contributed by atoms with Crippen molar-refractivity contribution in [3.63, 3.8) is 0 Å². The van der Waals surface area contributed by atoms with Gasteiger partial charge in [-0.05, 0) is 18.9 Å². The van der Waals surface area contributed by atoms with Gasteiger partial charge in [-0.15, -0.1) is 0 Å². The molecular weight excluding hydrogens is 158 g/mol. The second-order valence-electron chi connectivity index (χ2n) is 3.33. The highest BCUT2D eigenvalue weighted by Gasteiger charge is 1.80. The standard InChI is InChI=1S/C12H23N/c1-3-5-7-8-10-12-13-11-9-6-4-2/h8,10,12H,3-7,9,11H2,1-2H3. The SMILES string of the molecule is CCCCC=CC=NCCCCC. The van der Waals surface area contributed by atoms with Crippen molar-refractivity contribution in [1.82, 2.24) is 0 Å². The number of rotatable bonds is 8. The Morgan fingerprint density at radius 2 is 1.77 bits per heavy atom. The van der Waals surface area contributed by atoms with Crippen LogP contribution in [0.3, 0.4) is 0 Å². The van der Waals surface area contributed by atoms with Gasteiger partial charge in [0, 0.05) is 12.8 Å². The van der Waals surface area contributed by atoms with Gasteiger partial charge >= 0.3 is 0 Å². The summed E-state index contributed by atoms with van der Waals surface area (Å²) in [5.41, 5.74) is 0. The molecule has 0 aliphatic rings. The minimum Gasteiger partial charge on any atom is -0.293 e. The zero-order valence-corrected chi connectivity index (χ0v) is 9.13. The van der Waals surface area contributed by atoms with Gasteiger partial charge in [0.2, 0.25) is 0 Å². The van der Waals surface area contributed by atoms with E-state index < -0.39 is 0 Å². The second-order valence-corrected chi connectivity index (χ2v) is 3.33. The van der Waals surface area contributed by atoms with E-state index >= 15 is 0 Å². The number of nitrogens with zero attached hydrogens (tertiary/aromatic N) is 1. The maximum atomic E-state index is 4.29. The Morgan fingerprint density at radius 1 is 1.00 bits per heavy atom. The van der Waals surface area contributed by atoms with Crippen LogP contribution >= 0.6 is 0 Å². The molecule has 0 radical (unpaired) electrons. The Morgan fingerprint density at radius 3 is 2.46 bits per heavy atom. The summed E-state index contributed by atoms with van der Waals surface area (Å²) in [6, 6.07) is 0. The van der Waals surface area contributed by atoms with E-state index in [2.05, 4.69) is 31.0 Å². The molecule has 0 aromatic rings. The number of hydrogen-bond acceptors (Lipinski definition) is 1. The Bertz CT molecular complexity index is 136. The van der Waals surface area contributed by atoms with Gasteiger partial charge in [-0.3, -0.25) is 4.99 Å². The van der Waals surface area contributed by atoms with Gasteiger partial charge < -0.3 is 0 Å². The molecule has 1 nitrogen and oxygen atoms in total. The van der Waals surface area contributed by atoms with E-state index in [1.807, 2.05) is 6.21 Å². The first-order valence-electron chi connectivity index (χ1n) is 5.56. The molecule has 0 saturated carbocycles. The molecule has 0 bridgehead atoms. The lowest BCUT2D eigenvalue weighted by Crippen LogP contribution is -1.80. The normalized spacial score (nSPS) is 11.8. The van der Waals surface area contributed by atoms with Crippen molar-refractivity contribution < 1.29 is 0 Å². The topological polar surface area (TPSA) is 12.4 Å². The Labute approximate surface area is 83.0 Å². The molecule has 0 aliphatic heterocycles. The van der Waals surface area contributed by atoms with E-state index in [1.165, 1.54) is 38.5 Å². The number of unbranched alkanes of at least 4 members (excludes halogenated alkanes) is 4. The van der Waals surface area contributed by atoms with Gasteiger partial charge in [-0.2, -0.15) is 0 Å². The van der Waals surface area contributed by atoms with Crippen molar-refractivity contribution in [1.29, 1.82) is 0 Å². The van der Waals surface area contributed by atoms with Crippen molar-refractivity contribution in [2.75, 3.05) is 6.54 Å². The van der Waals surface area contributed by atoms with Crippen LogP contribution in [-0.4, -0.2) is 12.8 Å². The van der Waals surface area contributed by atoms with Crippen LogP contribution < -0.4 is 0 Å². The van der Waals surface area contributed by atoms with Crippen LogP contribution in [0.1, 0.15) is 52.4 Å². The number of allylic oxidation sites excluding steroid dienone is 2. The third-order valence-electron chi connectivity index (χ3n) is 1.94. The molecule has 0 atom stereocenters. The minimum absolute atomic E-state index is 0.992. The zero-order valence-electron chi connectivity index (χ0n) is 9.13. The molecule has 0 aromatic carbocycles. The van der Waals surface area contributed by atoms with E-state index in [-0.39, 0.29) is 0 Å². The highest BCUT2D eigenvalue weighted by molar-refractivity contribution is 5.70. The van der Waals surface area contributed by atoms with Crippen molar-refractivity contribution >= 4 is 6.21 Å². The van der Waals surface area contributed by atoms with Crippen LogP contribution in [0.15, 0.2) is 17.1 Å². The third kappa shape index (κ3) is 11.4. The first kappa shape index (κ1) is 12.4. The lowest BCUT2D eigenvalue weighted by atomic mass is 10.2.